The number of nitrogens with one attached hydrogen (secondary N) is 1. The number of benzene rings is 1. The quantitative estimate of drug-likeness (QED) is 0.845. The molecule has 16 heavy (non-hydrogen) atoms. The fourth-order valence-electron chi connectivity index (χ4n) is 2.29. The highest BCUT2D eigenvalue weighted by atomic mass is 19.1. The third-order valence-electron chi connectivity index (χ3n) is 2.95. The van der Waals surface area contributed by atoms with Crippen molar-refractivity contribution in [2.75, 3.05) is 18.0 Å². The zero-order valence-corrected chi connectivity index (χ0v) is 9.91. The van der Waals surface area contributed by atoms with Crippen molar-refractivity contribution in [3.8, 4) is 0 Å². The maximum absolute atomic E-state index is 13.6. The first-order valence-electron chi connectivity index (χ1n) is 5.92. The molecule has 2 rings (SSSR count). The predicted molar refractivity (Wildman–Crippen MR) is 65.3 cm³/mol. The van der Waals surface area contributed by atoms with Crippen LogP contribution in [0.4, 0.5) is 10.1 Å². The van der Waals surface area contributed by atoms with Crippen molar-refractivity contribution in [2.24, 2.45) is 0 Å². The van der Waals surface area contributed by atoms with Gasteiger partial charge in [0.05, 0.1) is 5.69 Å². The average molecular weight is 222 g/mol. The van der Waals surface area contributed by atoms with Gasteiger partial charge >= 0.3 is 0 Å². The van der Waals surface area contributed by atoms with Gasteiger partial charge < -0.3 is 10.2 Å². The Kier molecular flexibility index (Phi) is 3.44. The van der Waals surface area contributed by atoms with Crippen LogP contribution in [0.1, 0.15) is 20.3 Å². The molecule has 1 atom stereocenters. The Balaban J connectivity index is 2.01. The lowest BCUT2D eigenvalue weighted by molar-refractivity contribution is 0.491. The monoisotopic (exact) mass is 222 g/mol. The molecule has 88 valence electrons. The highest BCUT2D eigenvalue weighted by Crippen LogP contribution is 2.23. The van der Waals surface area contributed by atoms with Crippen molar-refractivity contribution in [3.05, 3.63) is 30.1 Å². The van der Waals surface area contributed by atoms with Crippen LogP contribution in [-0.2, 0) is 0 Å². The normalized spacial score (nSPS) is 20.8. The van der Waals surface area contributed by atoms with Crippen LogP contribution in [-0.4, -0.2) is 25.2 Å². The Bertz CT molecular complexity index is 352. The van der Waals surface area contributed by atoms with Gasteiger partial charge in [0.25, 0.3) is 0 Å². The van der Waals surface area contributed by atoms with Crippen LogP contribution >= 0.6 is 0 Å². The van der Waals surface area contributed by atoms with E-state index in [1.807, 2.05) is 12.1 Å². The summed E-state index contributed by atoms with van der Waals surface area (Å²) in [6, 6.07) is 7.98. The van der Waals surface area contributed by atoms with E-state index in [2.05, 4.69) is 24.1 Å². The molecule has 1 aliphatic heterocycles. The summed E-state index contributed by atoms with van der Waals surface area (Å²) in [6.45, 7) is 6.13. The van der Waals surface area contributed by atoms with Crippen LogP contribution in [0, 0.1) is 5.82 Å². The predicted octanol–water partition coefficient (Wildman–Crippen LogP) is 2.40. The SMILES string of the molecule is CC(C)NC1CCN(c2ccccc2F)C1. The van der Waals surface area contributed by atoms with Gasteiger partial charge in [-0.05, 0) is 18.6 Å². The second kappa shape index (κ2) is 4.83. The molecule has 0 aliphatic carbocycles. The molecule has 0 amide bonds. The van der Waals surface area contributed by atoms with Gasteiger partial charge in [0.2, 0.25) is 0 Å². The van der Waals surface area contributed by atoms with Gasteiger partial charge in [-0.25, -0.2) is 4.39 Å². The zero-order valence-electron chi connectivity index (χ0n) is 9.91. The van der Waals surface area contributed by atoms with E-state index in [1.165, 1.54) is 6.07 Å². The van der Waals surface area contributed by atoms with E-state index in [0.29, 0.717) is 12.1 Å². The number of para-hydroxylation sites is 1. The van der Waals surface area contributed by atoms with E-state index in [4.69, 9.17) is 0 Å². The molecule has 0 spiro atoms. The number of rotatable bonds is 3. The van der Waals surface area contributed by atoms with Gasteiger partial charge in [-0.3, -0.25) is 0 Å². The Morgan fingerprint density at radius 1 is 1.38 bits per heavy atom. The molecular formula is C13H19FN2. The molecule has 0 bridgehead atoms. The molecule has 1 N–H and O–H groups in total. The largest absolute Gasteiger partial charge is 0.368 e. The van der Waals surface area contributed by atoms with Crippen molar-refractivity contribution >= 4 is 5.69 Å². The highest BCUT2D eigenvalue weighted by Gasteiger charge is 2.24. The van der Waals surface area contributed by atoms with Crippen LogP contribution < -0.4 is 10.2 Å². The number of hydrogen-bond acceptors (Lipinski definition) is 2. The van der Waals surface area contributed by atoms with Crippen molar-refractivity contribution in [1.29, 1.82) is 0 Å². The molecule has 0 radical (unpaired) electrons. The van der Waals surface area contributed by atoms with Gasteiger partial charge in [0.15, 0.2) is 0 Å². The van der Waals surface area contributed by atoms with E-state index >= 15 is 0 Å². The minimum absolute atomic E-state index is 0.118. The molecule has 1 saturated heterocycles. The Labute approximate surface area is 96.5 Å². The smallest absolute Gasteiger partial charge is 0.146 e. The topological polar surface area (TPSA) is 15.3 Å². The summed E-state index contributed by atoms with van der Waals surface area (Å²) in [6.07, 6.45) is 1.09. The average Bonchev–Trinajstić information content (AvgIpc) is 2.66. The summed E-state index contributed by atoms with van der Waals surface area (Å²) >= 11 is 0. The van der Waals surface area contributed by atoms with Gasteiger partial charge in [-0.15, -0.1) is 0 Å². The minimum Gasteiger partial charge on any atom is -0.368 e. The molecular weight excluding hydrogens is 203 g/mol. The lowest BCUT2D eigenvalue weighted by atomic mass is 10.2. The summed E-state index contributed by atoms with van der Waals surface area (Å²) in [5, 5.41) is 3.50. The van der Waals surface area contributed by atoms with E-state index < -0.39 is 0 Å². The van der Waals surface area contributed by atoms with Crippen molar-refractivity contribution < 1.29 is 4.39 Å². The summed E-state index contributed by atoms with van der Waals surface area (Å²) in [4.78, 5) is 2.12. The number of nitrogens with zero attached hydrogens (tertiary/aromatic N) is 1. The van der Waals surface area contributed by atoms with E-state index in [0.717, 1.165) is 25.2 Å². The third-order valence-corrected chi connectivity index (χ3v) is 2.95. The van der Waals surface area contributed by atoms with Gasteiger partial charge in [0.1, 0.15) is 5.82 Å². The Morgan fingerprint density at radius 2 is 2.12 bits per heavy atom. The fourth-order valence-corrected chi connectivity index (χ4v) is 2.29. The maximum atomic E-state index is 13.6. The lowest BCUT2D eigenvalue weighted by Gasteiger charge is -2.20. The number of anilines is 1. The lowest BCUT2D eigenvalue weighted by Crippen LogP contribution is -2.37. The summed E-state index contributed by atoms with van der Waals surface area (Å²) in [5.41, 5.74) is 0.732. The molecule has 3 heteroatoms. The second-order valence-electron chi connectivity index (χ2n) is 4.70. The molecule has 1 fully saturated rings. The van der Waals surface area contributed by atoms with Crippen LogP contribution in [0.15, 0.2) is 24.3 Å². The maximum Gasteiger partial charge on any atom is 0.146 e. The van der Waals surface area contributed by atoms with Crippen LogP contribution in [0.5, 0.6) is 0 Å². The van der Waals surface area contributed by atoms with E-state index in [9.17, 15) is 4.39 Å². The van der Waals surface area contributed by atoms with Gasteiger partial charge in [-0.1, -0.05) is 26.0 Å². The molecule has 1 heterocycles. The third kappa shape index (κ3) is 2.53. The molecule has 1 aromatic carbocycles. The summed E-state index contributed by atoms with van der Waals surface area (Å²) < 4.78 is 13.6. The van der Waals surface area contributed by atoms with E-state index in [1.54, 1.807) is 6.07 Å². The van der Waals surface area contributed by atoms with Gasteiger partial charge in [0, 0.05) is 25.2 Å². The Morgan fingerprint density at radius 3 is 2.81 bits per heavy atom. The second-order valence-corrected chi connectivity index (χ2v) is 4.70. The van der Waals surface area contributed by atoms with Crippen LogP contribution in [0.3, 0.4) is 0 Å². The molecule has 1 aliphatic rings. The van der Waals surface area contributed by atoms with Crippen LogP contribution in [0.2, 0.25) is 0 Å². The van der Waals surface area contributed by atoms with E-state index in [-0.39, 0.29) is 5.82 Å². The minimum atomic E-state index is -0.118. The first kappa shape index (κ1) is 11.4. The Hall–Kier alpha value is -1.09. The van der Waals surface area contributed by atoms with Gasteiger partial charge in [-0.2, -0.15) is 0 Å². The fraction of sp³-hybridized carbons (Fsp3) is 0.538. The highest BCUT2D eigenvalue weighted by molar-refractivity contribution is 5.48. The van der Waals surface area contributed by atoms with Crippen molar-refractivity contribution in [2.45, 2.75) is 32.4 Å². The summed E-state index contributed by atoms with van der Waals surface area (Å²) in [7, 11) is 0. The standard InChI is InChI=1S/C13H19FN2/c1-10(2)15-11-7-8-16(9-11)13-6-4-3-5-12(13)14/h3-6,10-11,15H,7-9H2,1-2H3. The number of hydrogen-bond donors (Lipinski definition) is 1. The first-order valence-corrected chi connectivity index (χ1v) is 5.92. The van der Waals surface area contributed by atoms with Crippen molar-refractivity contribution in [3.63, 3.8) is 0 Å². The summed E-state index contributed by atoms with van der Waals surface area (Å²) in [5.74, 6) is -0.118. The van der Waals surface area contributed by atoms with Crippen molar-refractivity contribution in [1.82, 2.24) is 5.32 Å². The molecule has 1 unspecified atom stereocenters. The van der Waals surface area contributed by atoms with Crippen LogP contribution in [0.25, 0.3) is 0 Å². The number of halogens is 1. The molecule has 0 saturated carbocycles. The molecule has 1 aromatic rings. The zero-order chi connectivity index (χ0) is 11.5. The molecule has 0 aromatic heterocycles. The molecule has 2 nitrogen and oxygen atoms in total. The first-order chi connectivity index (χ1) is 7.66.